The van der Waals surface area contributed by atoms with Gasteiger partial charge in [0.05, 0.1) is 0 Å². The topological polar surface area (TPSA) is 57.2 Å². The van der Waals surface area contributed by atoms with Gasteiger partial charge in [-0.05, 0) is 57.7 Å². The lowest BCUT2D eigenvalue weighted by molar-refractivity contribution is -0.662. The van der Waals surface area contributed by atoms with Crippen molar-refractivity contribution in [3.8, 4) is 0 Å². The highest BCUT2D eigenvalue weighted by Crippen LogP contribution is 2.44. The fraction of sp³-hybridized carbons (Fsp3) is 0.963. The molecule has 1 aliphatic heterocycles. The largest absolute Gasteiger partial charge is 0.304 e. The number of ketones is 1. The van der Waals surface area contributed by atoms with Gasteiger partial charge in [-0.2, -0.15) is 19.6 Å². The quantitative estimate of drug-likeness (QED) is 0.363. The lowest BCUT2D eigenvalue weighted by Gasteiger charge is -2.45. The zero-order valence-electron chi connectivity index (χ0n) is 21.4. The Balaban J connectivity index is 1.38. The Morgan fingerprint density at radius 2 is 1.18 bits per heavy atom. The van der Waals surface area contributed by atoms with Crippen molar-refractivity contribution >= 4 is 5.78 Å². The molecular weight excluding hydrogens is 418 g/mol. The van der Waals surface area contributed by atoms with E-state index in [1.807, 2.05) is 0 Å². The maximum absolute atomic E-state index is 12.5. The molecule has 3 rings (SSSR count). The van der Waals surface area contributed by atoms with E-state index in [9.17, 15) is 4.79 Å². The van der Waals surface area contributed by atoms with Crippen molar-refractivity contribution in [2.45, 2.75) is 141 Å². The molecule has 0 N–H and O–H groups in total. The van der Waals surface area contributed by atoms with E-state index < -0.39 is 11.6 Å². The van der Waals surface area contributed by atoms with Crippen LogP contribution in [0, 0.1) is 5.92 Å². The van der Waals surface area contributed by atoms with Gasteiger partial charge in [0.25, 0.3) is 0 Å². The van der Waals surface area contributed by atoms with Gasteiger partial charge in [-0.1, -0.05) is 58.8 Å². The molecule has 1 saturated heterocycles. The molecule has 0 radical (unpaired) electrons. The average molecular weight is 468 g/mol. The number of carbonyl (C=O) groups is 1. The summed E-state index contributed by atoms with van der Waals surface area (Å²) in [6.07, 6.45) is 18.5. The van der Waals surface area contributed by atoms with Crippen LogP contribution < -0.4 is 0 Å². The van der Waals surface area contributed by atoms with E-state index in [-0.39, 0.29) is 0 Å². The van der Waals surface area contributed by atoms with Gasteiger partial charge >= 0.3 is 0 Å². The molecule has 0 unspecified atom stereocenters. The SMILES string of the molecule is CCN(CC)CCCC(=O)CC1CCC2(CC1)OOC1(CCCCCCCCCCC1)OO2. The third kappa shape index (κ3) is 8.88. The number of nitrogens with zero attached hydrogens (tertiary/aromatic N) is 1. The van der Waals surface area contributed by atoms with Crippen molar-refractivity contribution < 1.29 is 24.3 Å². The minimum absolute atomic E-state index is 0.397. The number of hydrogen-bond donors (Lipinski definition) is 0. The Morgan fingerprint density at radius 3 is 1.67 bits per heavy atom. The van der Waals surface area contributed by atoms with Gasteiger partial charge in [-0.3, -0.25) is 4.79 Å². The van der Waals surface area contributed by atoms with Crippen LogP contribution in [0.15, 0.2) is 0 Å². The van der Waals surface area contributed by atoms with E-state index in [0.717, 1.165) is 77.4 Å². The van der Waals surface area contributed by atoms with Crippen molar-refractivity contribution in [2.75, 3.05) is 19.6 Å². The van der Waals surface area contributed by atoms with Crippen LogP contribution in [0.25, 0.3) is 0 Å². The molecule has 2 spiro atoms. The van der Waals surface area contributed by atoms with Crippen molar-refractivity contribution in [3.63, 3.8) is 0 Å². The van der Waals surface area contributed by atoms with E-state index >= 15 is 0 Å². The predicted molar refractivity (Wildman–Crippen MR) is 129 cm³/mol. The molecule has 192 valence electrons. The standard InChI is InChI=1S/C27H49NO5/c1-3-28(4-2)22-14-15-25(29)23-24-16-20-27(21-17-24)32-30-26(31-33-27)18-12-10-8-6-5-7-9-11-13-19-26/h24H,3-23H2,1-2H3. The van der Waals surface area contributed by atoms with Crippen LogP contribution >= 0.6 is 0 Å². The first kappa shape index (κ1) is 27.1. The highest BCUT2D eigenvalue weighted by molar-refractivity contribution is 5.78. The van der Waals surface area contributed by atoms with E-state index in [4.69, 9.17) is 19.6 Å². The Morgan fingerprint density at radius 1 is 0.727 bits per heavy atom. The molecule has 2 aliphatic carbocycles. The highest BCUT2D eigenvalue weighted by Gasteiger charge is 2.50. The molecular formula is C27H49NO5. The summed E-state index contributed by atoms with van der Waals surface area (Å²) >= 11 is 0. The molecule has 0 atom stereocenters. The van der Waals surface area contributed by atoms with Crippen molar-refractivity contribution in [3.05, 3.63) is 0 Å². The van der Waals surface area contributed by atoms with E-state index in [0.29, 0.717) is 24.5 Å². The Labute approximate surface area is 201 Å². The van der Waals surface area contributed by atoms with Crippen molar-refractivity contribution in [1.82, 2.24) is 4.90 Å². The Bertz CT molecular complexity index is 533. The third-order valence-corrected chi connectivity index (χ3v) is 8.01. The summed E-state index contributed by atoms with van der Waals surface area (Å²) in [5.41, 5.74) is 0. The summed E-state index contributed by atoms with van der Waals surface area (Å²) in [6, 6.07) is 0. The lowest BCUT2D eigenvalue weighted by Crippen LogP contribution is -2.52. The summed E-state index contributed by atoms with van der Waals surface area (Å²) in [5.74, 6) is -0.728. The molecule has 33 heavy (non-hydrogen) atoms. The molecule has 0 aromatic rings. The molecule has 2 saturated carbocycles. The van der Waals surface area contributed by atoms with Gasteiger partial charge in [0.2, 0.25) is 11.6 Å². The maximum Gasteiger partial charge on any atom is 0.234 e. The van der Waals surface area contributed by atoms with Crippen LogP contribution in [0.5, 0.6) is 0 Å². The molecule has 6 nitrogen and oxygen atoms in total. The molecule has 3 fully saturated rings. The zero-order chi connectivity index (χ0) is 23.4. The molecule has 6 heteroatoms. The smallest absolute Gasteiger partial charge is 0.234 e. The third-order valence-electron chi connectivity index (χ3n) is 8.01. The monoisotopic (exact) mass is 467 g/mol. The van der Waals surface area contributed by atoms with E-state index in [1.54, 1.807) is 0 Å². The Kier molecular flexibility index (Phi) is 11.6. The van der Waals surface area contributed by atoms with Gasteiger partial charge in [0.15, 0.2) is 0 Å². The summed E-state index contributed by atoms with van der Waals surface area (Å²) in [6.45, 7) is 7.48. The van der Waals surface area contributed by atoms with Gasteiger partial charge in [-0.15, -0.1) is 0 Å². The summed E-state index contributed by atoms with van der Waals surface area (Å²) in [4.78, 5) is 38.8. The van der Waals surface area contributed by atoms with Crippen molar-refractivity contribution in [1.29, 1.82) is 0 Å². The van der Waals surface area contributed by atoms with E-state index in [2.05, 4.69) is 18.7 Å². The van der Waals surface area contributed by atoms with Crippen LogP contribution in [0.2, 0.25) is 0 Å². The number of rotatable bonds is 8. The normalized spacial score (nSPS) is 25.1. The predicted octanol–water partition coefficient (Wildman–Crippen LogP) is 6.87. The minimum atomic E-state index is -0.794. The second-order valence-corrected chi connectivity index (χ2v) is 10.7. The fourth-order valence-corrected chi connectivity index (χ4v) is 5.60. The molecule has 0 amide bonds. The first-order valence-corrected chi connectivity index (χ1v) is 14.1. The first-order chi connectivity index (χ1) is 16.1. The Hall–Kier alpha value is -0.530. The van der Waals surface area contributed by atoms with Crippen LogP contribution in [0.1, 0.15) is 129 Å². The number of carbonyl (C=O) groups excluding carboxylic acids is 1. The van der Waals surface area contributed by atoms with Gasteiger partial charge < -0.3 is 4.90 Å². The number of Topliss-reactive ketones (excluding diaryl/α,β-unsaturated/α-hetero) is 1. The summed E-state index contributed by atoms with van der Waals surface area (Å²) < 4.78 is 0. The van der Waals surface area contributed by atoms with Crippen molar-refractivity contribution in [2.24, 2.45) is 5.92 Å². The van der Waals surface area contributed by atoms with Crippen LogP contribution in [0.3, 0.4) is 0 Å². The van der Waals surface area contributed by atoms with Crippen LogP contribution in [-0.4, -0.2) is 41.9 Å². The van der Waals surface area contributed by atoms with Gasteiger partial charge in [0, 0.05) is 38.5 Å². The second-order valence-electron chi connectivity index (χ2n) is 10.7. The van der Waals surface area contributed by atoms with Gasteiger partial charge in [-0.25, -0.2) is 0 Å². The molecule has 0 aromatic heterocycles. The molecule has 0 aromatic carbocycles. The van der Waals surface area contributed by atoms with Gasteiger partial charge in [0.1, 0.15) is 5.78 Å². The molecule has 3 aliphatic rings. The fourth-order valence-electron chi connectivity index (χ4n) is 5.60. The molecule has 1 heterocycles. The summed E-state index contributed by atoms with van der Waals surface area (Å²) in [7, 11) is 0. The average Bonchev–Trinajstić information content (AvgIpc) is 2.83. The summed E-state index contributed by atoms with van der Waals surface area (Å²) in [5, 5.41) is 0. The second kappa shape index (κ2) is 14.1. The van der Waals surface area contributed by atoms with Crippen LogP contribution in [0.4, 0.5) is 0 Å². The maximum atomic E-state index is 12.5. The van der Waals surface area contributed by atoms with Crippen LogP contribution in [-0.2, 0) is 24.3 Å². The van der Waals surface area contributed by atoms with E-state index in [1.165, 1.54) is 44.9 Å². The number of hydrogen-bond acceptors (Lipinski definition) is 6. The molecule has 0 bridgehead atoms. The lowest BCUT2D eigenvalue weighted by atomic mass is 9.82. The zero-order valence-corrected chi connectivity index (χ0v) is 21.4. The first-order valence-electron chi connectivity index (χ1n) is 14.1. The minimum Gasteiger partial charge on any atom is -0.304 e. The highest BCUT2D eigenvalue weighted by atomic mass is 17.4.